The molecule has 0 radical (unpaired) electrons. The molecular weight excluding hydrogens is 298 g/mol. The van der Waals surface area contributed by atoms with Gasteiger partial charge in [-0.1, -0.05) is 20.8 Å². The summed E-state index contributed by atoms with van der Waals surface area (Å²) >= 11 is 0. The van der Waals surface area contributed by atoms with Crippen molar-refractivity contribution >= 4 is 16.6 Å². The Hall–Kier alpha value is -1.01. The summed E-state index contributed by atoms with van der Waals surface area (Å²) in [5, 5.41) is 0. The molecule has 0 atom stereocenters. The Morgan fingerprint density at radius 1 is 1.32 bits per heavy atom. The van der Waals surface area contributed by atoms with Gasteiger partial charge in [0.1, 0.15) is 11.6 Å². The van der Waals surface area contributed by atoms with Crippen molar-refractivity contribution in [2.45, 2.75) is 51.7 Å². The number of ether oxygens (including phenoxy) is 1. The first-order valence-corrected chi connectivity index (χ1v) is 9.25. The topological polar surface area (TPSA) is 55.3 Å². The highest BCUT2D eigenvalue weighted by atomic mass is 32.2. The molecule has 124 valence electrons. The first kappa shape index (κ1) is 17.3. The fraction of sp³-hybridized carbons (Fsp3) is 0.750. The van der Waals surface area contributed by atoms with Gasteiger partial charge in [-0.25, -0.2) is 9.97 Å². The van der Waals surface area contributed by atoms with Crippen LogP contribution in [-0.4, -0.2) is 45.9 Å². The van der Waals surface area contributed by atoms with Gasteiger partial charge in [-0.05, 0) is 12.8 Å². The molecular formula is C16H27N3O2S. The van der Waals surface area contributed by atoms with E-state index in [1.807, 2.05) is 6.07 Å². The Morgan fingerprint density at radius 3 is 2.50 bits per heavy atom. The third-order valence-corrected chi connectivity index (χ3v) is 5.38. The minimum absolute atomic E-state index is 0.104. The smallest absolute Gasteiger partial charge is 0.136 e. The molecule has 0 bridgehead atoms. The summed E-state index contributed by atoms with van der Waals surface area (Å²) in [6.07, 6.45) is 1.91. The van der Waals surface area contributed by atoms with Gasteiger partial charge < -0.3 is 9.64 Å². The van der Waals surface area contributed by atoms with E-state index in [2.05, 4.69) is 37.7 Å². The highest BCUT2D eigenvalue weighted by Crippen LogP contribution is 2.25. The molecule has 1 aromatic rings. The Balaban J connectivity index is 2.28. The summed E-state index contributed by atoms with van der Waals surface area (Å²) in [6.45, 7) is 6.84. The second kappa shape index (κ2) is 7.04. The Labute approximate surface area is 135 Å². The van der Waals surface area contributed by atoms with Crippen LogP contribution in [0.5, 0.6) is 0 Å². The van der Waals surface area contributed by atoms with Gasteiger partial charge in [0.05, 0.1) is 12.3 Å². The summed E-state index contributed by atoms with van der Waals surface area (Å²) in [7, 11) is 3.11. The monoisotopic (exact) mass is 325 g/mol. The molecule has 0 saturated carbocycles. The zero-order valence-corrected chi connectivity index (χ0v) is 15.1. The SMILES string of the molecule is COCc1cc(N(C)C2CCS(=O)CC2)nc(C(C)(C)C)n1. The van der Waals surface area contributed by atoms with E-state index < -0.39 is 10.8 Å². The van der Waals surface area contributed by atoms with Crippen molar-refractivity contribution in [2.75, 3.05) is 30.6 Å². The lowest BCUT2D eigenvalue weighted by Gasteiger charge is -2.32. The fourth-order valence-electron chi connectivity index (χ4n) is 2.58. The minimum atomic E-state index is -0.639. The van der Waals surface area contributed by atoms with Gasteiger partial charge in [0.15, 0.2) is 0 Å². The molecule has 1 saturated heterocycles. The summed E-state index contributed by atoms with van der Waals surface area (Å²) in [6, 6.07) is 2.40. The summed E-state index contributed by atoms with van der Waals surface area (Å²) in [5.74, 6) is 3.35. The maximum atomic E-state index is 11.5. The Morgan fingerprint density at radius 2 is 1.95 bits per heavy atom. The highest BCUT2D eigenvalue weighted by Gasteiger charge is 2.25. The molecule has 1 aliphatic heterocycles. The van der Waals surface area contributed by atoms with Crippen molar-refractivity contribution in [2.24, 2.45) is 0 Å². The van der Waals surface area contributed by atoms with Crippen LogP contribution in [0, 0.1) is 0 Å². The van der Waals surface area contributed by atoms with E-state index in [0.717, 1.165) is 41.7 Å². The first-order valence-electron chi connectivity index (χ1n) is 7.76. The predicted octanol–water partition coefficient (Wildman–Crippen LogP) is 2.27. The van der Waals surface area contributed by atoms with Crippen LogP contribution < -0.4 is 4.90 Å². The molecule has 2 heterocycles. The standard InChI is InChI=1S/C16H27N3O2S/c1-16(2,3)15-17-12(11-21-5)10-14(18-15)19(4)13-6-8-22(20)9-7-13/h10,13H,6-9,11H2,1-5H3. The fourth-order valence-corrected chi connectivity index (χ4v) is 3.85. The van der Waals surface area contributed by atoms with E-state index in [-0.39, 0.29) is 5.41 Å². The van der Waals surface area contributed by atoms with E-state index in [0.29, 0.717) is 12.6 Å². The number of aromatic nitrogens is 2. The van der Waals surface area contributed by atoms with Crippen LogP contribution in [0.15, 0.2) is 6.07 Å². The zero-order valence-electron chi connectivity index (χ0n) is 14.3. The molecule has 1 aromatic heterocycles. The number of hydrogen-bond acceptors (Lipinski definition) is 5. The number of rotatable bonds is 4. The summed E-state index contributed by atoms with van der Waals surface area (Å²) in [4.78, 5) is 11.6. The van der Waals surface area contributed by atoms with Crippen molar-refractivity contribution in [1.82, 2.24) is 9.97 Å². The molecule has 0 unspecified atom stereocenters. The predicted molar refractivity (Wildman–Crippen MR) is 90.7 cm³/mol. The molecule has 0 amide bonds. The molecule has 0 aromatic carbocycles. The van der Waals surface area contributed by atoms with E-state index in [9.17, 15) is 4.21 Å². The molecule has 22 heavy (non-hydrogen) atoms. The van der Waals surface area contributed by atoms with Crippen molar-refractivity contribution in [1.29, 1.82) is 0 Å². The van der Waals surface area contributed by atoms with Crippen molar-refractivity contribution in [3.05, 3.63) is 17.6 Å². The Kier molecular flexibility index (Phi) is 5.55. The van der Waals surface area contributed by atoms with Crippen molar-refractivity contribution in [3.8, 4) is 0 Å². The number of hydrogen-bond donors (Lipinski definition) is 0. The lowest BCUT2D eigenvalue weighted by atomic mass is 9.95. The quantitative estimate of drug-likeness (QED) is 0.850. The van der Waals surface area contributed by atoms with Crippen LogP contribution in [0.3, 0.4) is 0 Å². The third-order valence-electron chi connectivity index (χ3n) is 4.00. The molecule has 0 N–H and O–H groups in total. The van der Waals surface area contributed by atoms with Crippen LogP contribution in [0.25, 0.3) is 0 Å². The van der Waals surface area contributed by atoms with Gasteiger partial charge >= 0.3 is 0 Å². The second-order valence-electron chi connectivity index (χ2n) is 6.91. The molecule has 5 nitrogen and oxygen atoms in total. The van der Waals surface area contributed by atoms with Gasteiger partial charge in [0.25, 0.3) is 0 Å². The molecule has 1 aliphatic rings. The Bertz CT molecular complexity index is 533. The highest BCUT2D eigenvalue weighted by molar-refractivity contribution is 7.85. The average Bonchev–Trinajstić information content (AvgIpc) is 2.46. The van der Waals surface area contributed by atoms with Crippen LogP contribution in [0.2, 0.25) is 0 Å². The molecule has 0 spiro atoms. The molecule has 6 heteroatoms. The lowest BCUT2D eigenvalue weighted by Crippen LogP contribution is -2.38. The van der Waals surface area contributed by atoms with Gasteiger partial charge in [0.2, 0.25) is 0 Å². The van der Waals surface area contributed by atoms with Gasteiger partial charge in [0, 0.05) is 54.0 Å². The average molecular weight is 325 g/mol. The lowest BCUT2D eigenvalue weighted by molar-refractivity contribution is 0.181. The summed E-state index contributed by atoms with van der Waals surface area (Å²) < 4.78 is 16.8. The zero-order chi connectivity index (χ0) is 16.3. The van der Waals surface area contributed by atoms with Gasteiger partial charge in [-0.15, -0.1) is 0 Å². The molecule has 2 rings (SSSR count). The van der Waals surface area contributed by atoms with E-state index >= 15 is 0 Å². The second-order valence-corrected chi connectivity index (χ2v) is 8.61. The number of methoxy groups -OCH3 is 1. The number of nitrogens with zero attached hydrogens (tertiary/aromatic N) is 3. The van der Waals surface area contributed by atoms with Gasteiger partial charge in [-0.2, -0.15) is 0 Å². The van der Waals surface area contributed by atoms with Gasteiger partial charge in [-0.3, -0.25) is 4.21 Å². The van der Waals surface area contributed by atoms with E-state index in [1.165, 1.54) is 0 Å². The van der Waals surface area contributed by atoms with Crippen LogP contribution in [0.1, 0.15) is 45.1 Å². The summed E-state index contributed by atoms with van der Waals surface area (Å²) in [5.41, 5.74) is 0.802. The first-order chi connectivity index (χ1) is 10.3. The maximum absolute atomic E-state index is 11.5. The minimum Gasteiger partial charge on any atom is -0.378 e. The van der Waals surface area contributed by atoms with Crippen molar-refractivity contribution in [3.63, 3.8) is 0 Å². The van der Waals surface area contributed by atoms with E-state index in [1.54, 1.807) is 7.11 Å². The van der Waals surface area contributed by atoms with E-state index in [4.69, 9.17) is 9.72 Å². The van der Waals surface area contributed by atoms with Crippen LogP contribution in [0.4, 0.5) is 5.82 Å². The molecule has 0 aliphatic carbocycles. The van der Waals surface area contributed by atoms with Crippen molar-refractivity contribution < 1.29 is 8.95 Å². The van der Waals surface area contributed by atoms with Crippen LogP contribution >= 0.6 is 0 Å². The maximum Gasteiger partial charge on any atom is 0.136 e. The molecule has 1 fully saturated rings. The largest absolute Gasteiger partial charge is 0.378 e. The third kappa shape index (κ3) is 4.26. The van der Waals surface area contributed by atoms with Crippen LogP contribution in [-0.2, 0) is 27.6 Å². The normalized spacial score (nSPS) is 22.6. The number of anilines is 1.